The Kier molecular flexibility index (Phi) is 4.46. The van der Waals surface area contributed by atoms with Gasteiger partial charge in [0.05, 0.1) is 11.8 Å². The summed E-state index contributed by atoms with van der Waals surface area (Å²) in [7, 11) is 0. The summed E-state index contributed by atoms with van der Waals surface area (Å²) in [6.07, 6.45) is 5.37. The molecule has 6 heteroatoms. The highest BCUT2D eigenvalue weighted by Crippen LogP contribution is 2.12. The molecule has 0 aromatic carbocycles. The van der Waals surface area contributed by atoms with Crippen molar-refractivity contribution in [2.45, 2.75) is 19.3 Å². The monoisotopic (exact) mass is 249 g/mol. The third kappa shape index (κ3) is 3.40. The van der Waals surface area contributed by atoms with Crippen molar-refractivity contribution in [2.75, 3.05) is 26.2 Å². The first kappa shape index (κ1) is 12.8. The summed E-state index contributed by atoms with van der Waals surface area (Å²) < 4.78 is 5.57. The van der Waals surface area contributed by atoms with Gasteiger partial charge < -0.3 is 10.5 Å². The molecule has 3 N–H and O–H groups in total. The lowest BCUT2D eigenvalue weighted by atomic mass is 10.1. The van der Waals surface area contributed by atoms with Crippen LogP contribution in [0.4, 0.5) is 0 Å². The Hall–Kier alpha value is -1.69. The molecule has 1 aromatic rings. The molecule has 1 aliphatic rings. The summed E-state index contributed by atoms with van der Waals surface area (Å²) in [4.78, 5) is 2.38. The van der Waals surface area contributed by atoms with E-state index in [1.165, 1.54) is 25.5 Å². The Morgan fingerprint density at radius 2 is 2.17 bits per heavy atom. The van der Waals surface area contributed by atoms with Gasteiger partial charge in [0, 0.05) is 6.54 Å². The van der Waals surface area contributed by atoms with Crippen LogP contribution < -0.4 is 10.5 Å². The van der Waals surface area contributed by atoms with Crippen molar-refractivity contribution in [1.82, 2.24) is 15.1 Å². The Balaban J connectivity index is 1.84. The number of nitrogens with one attached hydrogen (secondary N) is 1. The van der Waals surface area contributed by atoms with E-state index < -0.39 is 0 Å². The first-order valence-corrected chi connectivity index (χ1v) is 6.28. The van der Waals surface area contributed by atoms with Crippen molar-refractivity contribution in [1.29, 1.82) is 5.41 Å². The van der Waals surface area contributed by atoms with Gasteiger partial charge in [0.25, 0.3) is 0 Å². The van der Waals surface area contributed by atoms with Crippen LogP contribution in [0.1, 0.15) is 24.8 Å². The maximum absolute atomic E-state index is 7.43. The lowest BCUT2D eigenvalue weighted by Gasteiger charge is -2.26. The first-order valence-electron chi connectivity index (χ1n) is 6.28. The van der Waals surface area contributed by atoms with E-state index in [0.717, 1.165) is 19.6 Å². The Bertz CT molecular complexity index is 403. The number of hydrogen-bond acceptors (Lipinski definition) is 5. The summed E-state index contributed by atoms with van der Waals surface area (Å²) >= 11 is 0. The summed E-state index contributed by atoms with van der Waals surface area (Å²) in [5.74, 6) is 0.305. The van der Waals surface area contributed by atoms with Gasteiger partial charge in [0.1, 0.15) is 12.4 Å². The molecule has 0 amide bonds. The number of aromatic nitrogens is 2. The molecular formula is C12H19N5O. The molecule has 1 fully saturated rings. The minimum atomic E-state index is -0.0436. The largest absolute Gasteiger partial charge is 0.475 e. The topological polar surface area (TPSA) is 88.1 Å². The molecule has 1 saturated heterocycles. The maximum atomic E-state index is 7.43. The van der Waals surface area contributed by atoms with E-state index in [9.17, 15) is 0 Å². The van der Waals surface area contributed by atoms with E-state index in [-0.39, 0.29) is 5.84 Å². The Labute approximate surface area is 107 Å². The van der Waals surface area contributed by atoms with Crippen molar-refractivity contribution >= 4 is 5.84 Å². The zero-order valence-electron chi connectivity index (χ0n) is 10.4. The molecule has 18 heavy (non-hydrogen) atoms. The second-order valence-electron chi connectivity index (χ2n) is 4.41. The second kappa shape index (κ2) is 6.30. The predicted molar refractivity (Wildman–Crippen MR) is 68.8 cm³/mol. The Morgan fingerprint density at radius 3 is 2.89 bits per heavy atom. The number of ether oxygens (including phenoxy) is 1. The normalized spacial score (nSPS) is 16.4. The van der Waals surface area contributed by atoms with Crippen molar-refractivity contribution in [3.05, 3.63) is 17.8 Å². The van der Waals surface area contributed by atoms with E-state index >= 15 is 0 Å². The number of nitrogen functional groups attached to an aromatic ring is 1. The van der Waals surface area contributed by atoms with Crippen LogP contribution in [0.25, 0.3) is 0 Å². The molecule has 1 aliphatic heterocycles. The molecule has 98 valence electrons. The van der Waals surface area contributed by atoms with Crippen molar-refractivity contribution in [2.24, 2.45) is 5.73 Å². The molecule has 2 rings (SSSR count). The zero-order valence-corrected chi connectivity index (χ0v) is 10.4. The van der Waals surface area contributed by atoms with E-state index in [1.54, 1.807) is 6.07 Å². The highest BCUT2D eigenvalue weighted by molar-refractivity contribution is 5.96. The van der Waals surface area contributed by atoms with Crippen LogP contribution >= 0.6 is 0 Å². The van der Waals surface area contributed by atoms with E-state index in [2.05, 4.69) is 15.1 Å². The van der Waals surface area contributed by atoms with Crippen LogP contribution in [0.3, 0.4) is 0 Å². The molecule has 0 saturated carbocycles. The fourth-order valence-corrected chi connectivity index (χ4v) is 2.08. The van der Waals surface area contributed by atoms with Gasteiger partial charge in [0.2, 0.25) is 5.88 Å². The molecule has 0 spiro atoms. The second-order valence-corrected chi connectivity index (χ2v) is 4.41. The third-order valence-corrected chi connectivity index (χ3v) is 3.07. The molecule has 6 nitrogen and oxygen atoms in total. The smallest absolute Gasteiger partial charge is 0.244 e. The van der Waals surface area contributed by atoms with Crippen molar-refractivity contribution in [3.8, 4) is 5.88 Å². The van der Waals surface area contributed by atoms with Crippen LogP contribution in [0.15, 0.2) is 12.3 Å². The summed E-state index contributed by atoms with van der Waals surface area (Å²) in [6.45, 7) is 3.72. The zero-order chi connectivity index (χ0) is 12.8. The first-order chi connectivity index (χ1) is 8.77. The van der Waals surface area contributed by atoms with E-state index in [4.69, 9.17) is 15.9 Å². The fraction of sp³-hybridized carbons (Fsp3) is 0.583. The summed E-state index contributed by atoms with van der Waals surface area (Å²) in [5, 5.41) is 15.1. The van der Waals surface area contributed by atoms with Gasteiger partial charge in [-0.05, 0) is 32.0 Å². The highest BCUT2D eigenvalue weighted by atomic mass is 16.5. The number of amidine groups is 1. The average molecular weight is 249 g/mol. The maximum Gasteiger partial charge on any atom is 0.244 e. The number of likely N-dealkylation sites (tertiary alicyclic amines) is 1. The summed E-state index contributed by atoms with van der Waals surface area (Å²) in [6, 6.07) is 1.64. The van der Waals surface area contributed by atoms with Gasteiger partial charge in [-0.1, -0.05) is 6.42 Å². The predicted octanol–water partition coefficient (Wildman–Crippen LogP) is 0.625. The highest BCUT2D eigenvalue weighted by Gasteiger charge is 2.11. The van der Waals surface area contributed by atoms with Gasteiger partial charge in [-0.3, -0.25) is 10.3 Å². The molecule has 0 radical (unpaired) electrons. The molecule has 2 heterocycles. The van der Waals surface area contributed by atoms with Crippen LogP contribution in [0, 0.1) is 5.41 Å². The minimum absolute atomic E-state index is 0.0436. The molecule has 0 bridgehead atoms. The number of piperidine rings is 1. The average Bonchev–Trinajstić information content (AvgIpc) is 2.40. The molecular weight excluding hydrogens is 230 g/mol. The molecule has 0 aliphatic carbocycles. The number of rotatable bonds is 5. The van der Waals surface area contributed by atoms with Gasteiger partial charge in [-0.25, -0.2) is 0 Å². The standard InChI is InChI=1S/C12H19N5O/c13-11(14)10-4-5-15-16-12(10)18-9-8-17-6-2-1-3-7-17/h4-5H,1-3,6-9H2,(H3,13,14). The van der Waals surface area contributed by atoms with Crippen molar-refractivity contribution in [3.63, 3.8) is 0 Å². The van der Waals surface area contributed by atoms with Crippen LogP contribution in [-0.4, -0.2) is 47.2 Å². The van der Waals surface area contributed by atoms with Gasteiger partial charge in [0.15, 0.2) is 0 Å². The number of nitrogens with zero attached hydrogens (tertiary/aromatic N) is 3. The third-order valence-electron chi connectivity index (χ3n) is 3.07. The number of nitrogens with two attached hydrogens (primary N) is 1. The molecule has 0 unspecified atom stereocenters. The van der Waals surface area contributed by atoms with Crippen LogP contribution in [-0.2, 0) is 0 Å². The van der Waals surface area contributed by atoms with Crippen LogP contribution in [0.2, 0.25) is 0 Å². The van der Waals surface area contributed by atoms with E-state index in [0.29, 0.717) is 18.1 Å². The quantitative estimate of drug-likeness (QED) is 0.590. The molecule has 0 atom stereocenters. The lowest BCUT2D eigenvalue weighted by molar-refractivity contribution is 0.179. The Morgan fingerprint density at radius 1 is 1.39 bits per heavy atom. The van der Waals surface area contributed by atoms with Crippen molar-refractivity contribution < 1.29 is 4.74 Å². The van der Waals surface area contributed by atoms with E-state index in [1.807, 2.05) is 0 Å². The van der Waals surface area contributed by atoms with Gasteiger partial charge in [-0.15, -0.1) is 5.10 Å². The SMILES string of the molecule is N=C(N)c1ccnnc1OCCN1CCCCC1. The molecule has 1 aromatic heterocycles. The van der Waals surface area contributed by atoms with Gasteiger partial charge in [-0.2, -0.15) is 5.10 Å². The fourth-order valence-electron chi connectivity index (χ4n) is 2.08. The summed E-state index contributed by atoms with van der Waals surface area (Å²) in [5.41, 5.74) is 5.96. The number of hydrogen-bond donors (Lipinski definition) is 2. The van der Waals surface area contributed by atoms with Crippen LogP contribution in [0.5, 0.6) is 5.88 Å². The van der Waals surface area contributed by atoms with Gasteiger partial charge >= 0.3 is 0 Å². The minimum Gasteiger partial charge on any atom is -0.475 e. The lowest BCUT2D eigenvalue weighted by Crippen LogP contribution is -2.33.